The number of aromatic nitrogens is 3. The molecule has 3 aromatic heterocycles. The summed E-state index contributed by atoms with van der Waals surface area (Å²) in [4.78, 5) is 22.2. The molecule has 0 amide bonds. The second-order valence-corrected chi connectivity index (χ2v) is 7.31. The molecule has 31 heavy (non-hydrogen) atoms. The van der Waals surface area contributed by atoms with Crippen LogP contribution in [0.1, 0.15) is 21.6 Å². The van der Waals surface area contributed by atoms with E-state index in [2.05, 4.69) is 9.97 Å². The van der Waals surface area contributed by atoms with Gasteiger partial charge >= 0.3 is 5.97 Å². The minimum absolute atomic E-state index is 0.0580. The van der Waals surface area contributed by atoms with E-state index in [1.165, 1.54) is 12.1 Å². The molecule has 0 spiro atoms. The van der Waals surface area contributed by atoms with Crippen LogP contribution in [0.4, 0.5) is 4.39 Å². The molecule has 0 bridgehead atoms. The summed E-state index contributed by atoms with van der Waals surface area (Å²) < 4.78 is 20.8. The summed E-state index contributed by atoms with van der Waals surface area (Å²) in [6.07, 6.45) is 3.76. The first-order valence-corrected chi connectivity index (χ1v) is 9.84. The highest BCUT2D eigenvalue weighted by Gasteiger charge is 2.16. The predicted molar refractivity (Wildman–Crippen MR) is 116 cm³/mol. The molecule has 0 aliphatic rings. The largest absolute Gasteiger partial charge is 0.455 e. The summed E-state index contributed by atoms with van der Waals surface area (Å²) in [6, 6.07) is 19.0. The van der Waals surface area contributed by atoms with Gasteiger partial charge in [0.1, 0.15) is 18.1 Å². The molecule has 5 rings (SSSR count). The Bertz CT molecular complexity index is 1420. The van der Waals surface area contributed by atoms with Gasteiger partial charge in [-0.15, -0.1) is 0 Å². The van der Waals surface area contributed by atoms with Crippen LogP contribution in [0.15, 0.2) is 79.1 Å². The van der Waals surface area contributed by atoms with Crippen LogP contribution in [0, 0.1) is 12.7 Å². The van der Waals surface area contributed by atoms with Crippen molar-refractivity contribution in [2.75, 3.05) is 0 Å². The van der Waals surface area contributed by atoms with Crippen LogP contribution in [0.25, 0.3) is 27.8 Å². The molecule has 6 heteroatoms. The van der Waals surface area contributed by atoms with E-state index >= 15 is 0 Å². The summed E-state index contributed by atoms with van der Waals surface area (Å²) >= 11 is 0. The molecule has 0 saturated carbocycles. The summed E-state index contributed by atoms with van der Waals surface area (Å²) in [5, 5.41) is 0.698. The SMILES string of the molecule is Cc1cccn2cc(COC(=O)c3cc(-c4ccc(F)cc4)nc4ccccc34)nc12. The minimum atomic E-state index is -0.462. The van der Waals surface area contributed by atoms with E-state index in [-0.39, 0.29) is 12.4 Å². The number of imidazole rings is 1. The Hall–Kier alpha value is -4.06. The zero-order chi connectivity index (χ0) is 21.4. The number of hydrogen-bond acceptors (Lipinski definition) is 4. The Morgan fingerprint density at radius 3 is 2.65 bits per heavy atom. The zero-order valence-electron chi connectivity index (χ0n) is 16.7. The van der Waals surface area contributed by atoms with Crippen LogP contribution in [0.3, 0.4) is 0 Å². The molecule has 152 valence electrons. The average molecular weight is 411 g/mol. The predicted octanol–water partition coefficient (Wildman–Crippen LogP) is 5.35. The quantitative estimate of drug-likeness (QED) is 0.374. The van der Waals surface area contributed by atoms with Crippen LogP contribution < -0.4 is 0 Å². The Labute approximate surface area is 177 Å². The molecule has 0 saturated heterocycles. The fourth-order valence-electron chi connectivity index (χ4n) is 3.60. The van der Waals surface area contributed by atoms with Crippen molar-refractivity contribution >= 4 is 22.5 Å². The number of ether oxygens (including phenoxy) is 1. The lowest BCUT2D eigenvalue weighted by atomic mass is 10.0. The lowest BCUT2D eigenvalue weighted by molar-refractivity contribution is 0.0470. The third-order valence-electron chi connectivity index (χ3n) is 5.16. The molecule has 5 aromatic rings. The maximum atomic E-state index is 13.3. The van der Waals surface area contributed by atoms with Gasteiger partial charge in [0.2, 0.25) is 0 Å². The van der Waals surface area contributed by atoms with Gasteiger partial charge in [0.15, 0.2) is 0 Å². The van der Waals surface area contributed by atoms with Gasteiger partial charge in [-0.1, -0.05) is 24.3 Å². The van der Waals surface area contributed by atoms with Crippen LogP contribution in [-0.4, -0.2) is 20.3 Å². The lowest BCUT2D eigenvalue weighted by Gasteiger charge is -2.10. The highest BCUT2D eigenvalue weighted by atomic mass is 19.1. The Kier molecular flexibility index (Phi) is 4.67. The molecule has 0 fully saturated rings. The standard InChI is InChI=1S/C25H18FN3O2/c1-16-5-4-12-29-14-19(27-24(16)29)15-31-25(30)21-13-23(17-8-10-18(26)11-9-17)28-22-7-3-2-6-20(21)22/h2-14H,15H2,1H3. The number of halogens is 1. The number of carbonyl (C=O) groups excluding carboxylic acids is 1. The second-order valence-electron chi connectivity index (χ2n) is 7.31. The fraction of sp³-hybridized carbons (Fsp3) is 0.0800. The summed E-state index contributed by atoms with van der Waals surface area (Å²) in [7, 11) is 0. The third-order valence-corrected chi connectivity index (χ3v) is 5.16. The average Bonchev–Trinajstić information content (AvgIpc) is 3.22. The molecule has 0 radical (unpaired) electrons. The number of carbonyl (C=O) groups is 1. The van der Waals surface area contributed by atoms with Gasteiger partial charge in [-0.2, -0.15) is 0 Å². The van der Waals surface area contributed by atoms with Crippen molar-refractivity contribution in [3.63, 3.8) is 0 Å². The van der Waals surface area contributed by atoms with E-state index in [1.807, 2.05) is 60.1 Å². The molecule has 3 heterocycles. The topological polar surface area (TPSA) is 56.5 Å². The maximum absolute atomic E-state index is 13.3. The number of benzene rings is 2. The summed E-state index contributed by atoms with van der Waals surface area (Å²) in [6.45, 7) is 2.04. The van der Waals surface area contributed by atoms with Crippen molar-refractivity contribution in [3.05, 3.63) is 102 Å². The number of hydrogen-bond donors (Lipinski definition) is 0. The lowest BCUT2D eigenvalue weighted by Crippen LogP contribution is -2.07. The number of fused-ring (bicyclic) bond motifs is 2. The van der Waals surface area contributed by atoms with Gasteiger partial charge in [0, 0.05) is 23.3 Å². The Morgan fingerprint density at radius 2 is 1.84 bits per heavy atom. The van der Waals surface area contributed by atoms with Gasteiger partial charge in [0.05, 0.1) is 22.5 Å². The zero-order valence-corrected chi connectivity index (χ0v) is 16.7. The molecule has 0 N–H and O–H groups in total. The van der Waals surface area contributed by atoms with Crippen molar-refractivity contribution in [2.24, 2.45) is 0 Å². The monoisotopic (exact) mass is 411 g/mol. The number of esters is 1. The number of pyridine rings is 2. The van der Waals surface area contributed by atoms with E-state index in [1.54, 1.807) is 18.2 Å². The molecular weight excluding hydrogens is 393 g/mol. The number of rotatable bonds is 4. The fourth-order valence-corrected chi connectivity index (χ4v) is 3.60. The first kappa shape index (κ1) is 18.9. The van der Waals surface area contributed by atoms with E-state index < -0.39 is 5.97 Å². The Morgan fingerprint density at radius 1 is 1.03 bits per heavy atom. The minimum Gasteiger partial charge on any atom is -0.455 e. The van der Waals surface area contributed by atoms with Crippen LogP contribution in [0.2, 0.25) is 0 Å². The van der Waals surface area contributed by atoms with Crippen molar-refractivity contribution in [1.29, 1.82) is 0 Å². The molecule has 0 aliphatic heterocycles. The molecule has 2 aromatic carbocycles. The normalized spacial score (nSPS) is 11.2. The molecular formula is C25H18FN3O2. The molecule has 0 aliphatic carbocycles. The van der Waals surface area contributed by atoms with Crippen molar-refractivity contribution in [2.45, 2.75) is 13.5 Å². The van der Waals surface area contributed by atoms with Crippen LogP contribution in [-0.2, 0) is 11.3 Å². The first-order valence-electron chi connectivity index (χ1n) is 9.84. The van der Waals surface area contributed by atoms with Gasteiger partial charge < -0.3 is 9.14 Å². The molecule has 0 unspecified atom stereocenters. The second kappa shape index (κ2) is 7.65. The van der Waals surface area contributed by atoms with Crippen LogP contribution in [0.5, 0.6) is 0 Å². The van der Waals surface area contributed by atoms with Crippen molar-refractivity contribution in [1.82, 2.24) is 14.4 Å². The van der Waals surface area contributed by atoms with E-state index in [0.717, 1.165) is 16.8 Å². The van der Waals surface area contributed by atoms with Gasteiger partial charge in [-0.3, -0.25) is 0 Å². The number of nitrogens with zero attached hydrogens (tertiary/aromatic N) is 3. The van der Waals surface area contributed by atoms with Crippen molar-refractivity contribution in [3.8, 4) is 11.3 Å². The Balaban J connectivity index is 1.48. The van der Waals surface area contributed by atoms with Crippen LogP contribution >= 0.6 is 0 Å². The third kappa shape index (κ3) is 3.64. The molecule has 5 nitrogen and oxygen atoms in total. The van der Waals surface area contributed by atoms with Crippen molar-refractivity contribution < 1.29 is 13.9 Å². The highest BCUT2D eigenvalue weighted by molar-refractivity contribution is 6.04. The van der Waals surface area contributed by atoms with E-state index in [0.29, 0.717) is 27.9 Å². The van der Waals surface area contributed by atoms with Gasteiger partial charge in [-0.25, -0.2) is 19.2 Å². The molecule has 0 atom stereocenters. The first-order chi connectivity index (χ1) is 15.1. The number of para-hydroxylation sites is 1. The maximum Gasteiger partial charge on any atom is 0.339 e. The van der Waals surface area contributed by atoms with Gasteiger partial charge in [-0.05, 0) is 55.0 Å². The summed E-state index contributed by atoms with van der Waals surface area (Å²) in [5.41, 5.74) is 4.92. The summed E-state index contributed by atoms with van der Waals surface area (Å²) in [5.74, 6) is -0.789. The smallest absolute Gasteiger partial charge is 0.339 e. The van der Waals surface area contributed by atoms with E-state index in [4.69, 9.17) is 4.74 Å². The van der Waals surface area contributed by atoms with Gasteiger partial charge in [0.25, 0.3) is 0 Å². The van der Waals surface area contributed by atoms with E-state index in [9.17, 15) is 9.18 Å². The number of aryl methyl sites for hydroxylation is 1. The highest BCUT2D eigenvalue weighted by Crippen LogP contribution is 2.26.